The molecule has 4 nitrogen and oxygen atoms in total. The zero-order chi connectivity index (χ0) is 12.4. The van der Waals surface area contributed by atoms with Crippen LogP contribution in [-0.4, -0.2) is 24.0 Å². The highest BCUT2D eigenvalue weighted by atomic mass is 79.9. The van der Waals surface area contributed by atoms with Gasteiger partial charge in [-0.05, 0) is 53.5 Å². The van der Waals surface area contributed by atoms with Crippen LogP contribution in [0.2, 0.25) is 0 Å². The van der Waals surface area contributed by atoms with E-state index in [1.165, 1.54) is 0 Å². The number of hydrogen-bond donors (Lipinski definition) is 2. The van der Waals surface area contributed by atoms with E-state index in [0.717, 1.165) is 23.1 Å². The summed E-state index contributed by atoms with van der Waals surface area (Å²) in [4.78, 5) is 16.1. The summed E-state index contributed by atoms with van der Waals surface area (Å²) in [6.07, 6.45) is 1.71. The molecule has 1 aliphatic rings. The molecule has 0 bridgehead atoms. The van der Waals surface area contributed by atoms with E-state index < -0.39 is 0 Å². The van der Waals surface area contributed by atoms with Crippen molar-refractivity contribution in [2.24, 2.45) is 11.8 Å². The minimum Gasteiger partial charge on any atom is -0.316 e. The molecule has 0 spiro atoms. The number of carbonyl (C=O) groups excluding carboxylic acids is 1. The third kappa shape index (κ3) is 2.84. The molecule has 17 heavy (non-hydrogen) atoms. The van der Waals surface area contributed by atoms with Crippen LogP contribution >= 0.6 is 15.9 Å². The average Bonchev–Trinajstić information content (AvgIpc) is 2.21. The third-order valence-corrected chi connectivity index (χ3v) is 4.06. The molecule has 1 unspecified atom stereocenters. The van der Waals surface area contributed by atoms with Crippen LogP contribution in [0.3, 0.4) is 0 Å². The molecule has 1 atom stereocenters. The number of anilines is 1. The SMILES string of the molecule is Cc1cc(NC(=O)C(C)C2CNC2)ncc1Br. The van der Waals surface area contributed by atoms with Crippen LogP contribution in [0.1, 0.15) is 12.5 Å². The number of aromatic nitrogens is 1. The molecule has 5 heteroatoms. The van der Waals surface area contributed by atoms with Crippen molar-refractivity contribution in [3.63, 3.8) is 0 Å². The summed E-state index contributed by atoms with van der Waals surface area (Å²) in [5.41, 5.74) is 1.06. The first-order valence-electron chi connectivity index (χ1n) is 5.71. The van der Waals surface area contributed by atoms with Gasteiger partial charge >= 0.3 is 0 Å². The molecular formula is C12H16BrN3O. The van der Waals surface area contributed by atoms with Gasteiger partial charge in [0.1, 0.15) is 5.82 Å². The highest BCUT2D eigenvalue weighted by Gasteiger charge is 2.28. The fraction of sp³-hybridized carbons (Fsp3) is 0.500. The number of nitrogens with zero attached hydrogens (tertiary/aromatic N) is 1. The van der Waals surface area contributed by atoms with Gasteiger partial charge in [0.25, 0.3) is 0 Å². The van der Waals surface area contributed by atoms with E-state index in [2.05, 4.69) is 31.5 Å². The van der Waals surface area contributed by atoms with Gasteiger partial charge in [0, 0.05) is 16.6 Å². The predicted molar refractivity (Wildman–Crippen MR) is 70.8 cm³/mol. The Balaban J connectivity index is 1.99. The number of amides is 1. The van der Waals surface area contributed by atoms with Crippen LogP contribution < -0.4 is 10.6 Å². The number of halogens is 1. The second-order valence-electron chi connectivity index (χ2n) is 4.51. The number of hydrogen-bond acceptors (Lipinski definition) is 3. The Morgan fingerprint density at radius 1 is 1.65 bits per heavy atom. The Labute approximate surface area is 109 Å². The quantitative estimate of drug-likeness (QED) is 0.897. The van der Waals surface area contributed by atoms with Crippen molar-refractivity contribution < 1.29 is 4.79 Å². The minimum atomic E-state index is 0.0296. The predicted octanol–water partition coefficient (Wildman–Crippen LogP) is 1.95. The molecule has 0 aliphatic carbocycles. The Morgan fingerprint density at radius 2 is 2.35 bits per heavy atom. The number of aryl methyl sites for hydroxylation is 1. The van der Waals surface area contributed by atoms with Gasteiger partial charge in [0.2, 0.25) is 5.91 Å². The van der Waals surface area contributed by atoms with E-state index in [-0.39, 0.29) is 11.8 Å². The fourth-order valence-corrected chi connectivity index (χ4v) is 1.94. The second kappa shape index (κ2) is 5.14. The van der Waals surface area contributed by atoms with Crippen LogP contribution in [0.5, 0.6) is 0 Å². The maximum absolute atomic E-state index is 12.0. The number of rotatable bonds is 3. The third-order valence-electron chi connectivity index (χ3n) is 3.23. The Hall–Kier alpha value is -0.940. The topological polar surface area (TPSA) is 54.0 Å². The van der Waals surface area contributed by atoms with Crippen LogP contribution in [0.15, 0.2) is 16.7 Å². The van der Waals surface area contributed by atoms with Crippen LogP contribution in [-0.2, 0) is 4.79 Å². The monoisotopic (exact) mass is 297 g/mol. The van der Waals surface area contributed by atoms with E-state index >= 15 is 0 Å². The molecule has 1 aromatic rings. The average molecular weight is 298 g/mol. The van der Waals surface area contributed by atoms with Gasteiger partial charge in [-0.15, -0.1) is 0 Å². The molecule has 1 aliphatic heterocycles. The molecule has 0 saturated carbocycles. The van der Waals surface area contributed by atoms with E-state index in [4.69, 9.17) is 0 Å². The van der Waals surface area contributed by atoms with Crippen molar-refractivity contribution in [2.75, 3.05) is 18.4 Å². The highest BCUT2D eigenvalue weighted by Crippen LogP contribution is 2.20. The van der Waals surface area contributed by atoms with E-state index in [1.807, 2.05) is 19.9 Å². The van der Waals surface area contributed by atoms with Crippen molar-refractivity contribution in [2.45, 2.75) is 13.8 Å². The molecule has 0 aromatic carbocycles. The molecular weight excluding hydrogens is 282 g/mol. The Kier molecular flexibility index (Phi) is 3.79. The summed E-state index contributed by atoms with van der Waals surface area (Å²) in [5, 5.41) is 6.04. The maximum Gasteiger partial charge on any atom is 0.228 e. The standard InChI is InChI=1S/C12H16BrN3O/c1-7-3-11(15-6-10(7)13)16-12(17)8(2)9-4-14-5-9/h3,6,8-9,14H,4-5H2,1-2H3,(H,15,16,17). The summed E-state index contributed by atoms with van der Waals surface area (Å²) in [6.45, 7) is 5.80. The van der Waals surface area contributed by atoms with Crippen molar-refractivity contribution in [1.82, 2.24) is 10.3 Å². The summed E-state index contributed by atoms with van der Waals surface area (Å²) in [7, 11) is 0. The van der Waals surface area contributed by atoms with Crippen LogP contribution in [0.25, 0.3) is 0 Å². The van der Waals surface area contributed by atoms with Gasteiger partial charge in [-0.2, -0.15) is 0 Å². The number of pyridine rings is 1. The Morgan fingerprint density at radius 3 is 2.88 bits per heavy atom. The second-order valence-corrected chi connectivity index (χ2v) is 5.37. The smallest absolute Gasteiger partial charge is 0.228 e. The van der Waals surface area contributed by atoms with Crippen molar-refractivity contribution in [3.8, 4) is 0 Å². The lowest BCUT2D eigenvalue weighted by Crippen LogP contribution is -2.48. The lowest BCUT2D eigenvalue weighted by molar-refractivity contribution is -0.121. The number of carbonyl (C=O) groups is 1. The molecule has 2 heterocycles. The van der Waals surface area contributed by atoms with Crippen LogP contribution in [0.4, 0.5) is 5.82 Å². The summed E-state index contributed by atoms with van der Waals surface area (Å²) in [5.74, 6) is 1.15. The lowest BCUT2D eigenvalue weighted by atomic mass is 9.88. The van der Waals surface area contributed by atoms with Gasteiger partial charge in [-0.1, -0.05) is 6.92 Å². The van der Waals surface area contributed by atoms with Crippen molar-refractivity contribution in [1.29, 1.82) is 0 Å². The molecule has 92 valence electrons. The highest BCUT2D eigenvalue weighted by molar-refractivity contribution is 9.10. The first kappa shape index (κ1) is 12.5. The molecule has 1 amide bonds. The Bertz CT molecular complexity index is 432. The van der Waals surface area contributed by atoms with Gasteiger partial charge in [0.05, 0.1) is 0 Å². The molecule has 1 aromatic heterocycles. The van der Waals surface area contributed by atoms with E-state index in [1.54, 1.807) is 6.20 Å². The van der Waals surface area contributed by atoms with E-state index in [9.17, 15) is 4.79 Å². The summed E-state index contributed by atoms with van der Waals surface area (Å²) in [6, 6.07) is 1.87. The molecule has 2 N–H and O–H groups in total. The zero-order valence-electron chi connectivity index (χ0n) is 9.96. The zero-order valence-corrected chi connectivity index (χ0v) is 11.5. The first-order valence-corrected chi connectivity index (χ1v) is 6.51. The largest absolute Gasteiger partial charge is 0.316 e. The summed E-state index contributed by atoms with van der Waals surface area (Å²) >= 11 is 3.38. The van der Waals surface area contributed by atoms with Crippen LogP contribution in [0, 0.1) is 18.8 Å². The fourth-order valence-electron chi connectivity index (χ4n) is 1.73. The van der Waals surface area contributed by atoms with Crippen molar-refractivity contribution in [3.05, 3.63) is 22.3 Å². The summed E-state index contributed by atoms with van der Waals surface area (Å²) < 4.78 is 0.951. The molecule has 1 saturated heterocycles. The van der Waals surface area contributed by atoms with Crippen molar-refractivity contribution >= 4 is 27.7 Å². The normalized spacial score (nSPS) is 17.4. The maximum atomic E-state index is 12.0. The van der Waals surface area contributed by atoms with Gasteiger partial charge in [0.15, 0.2) is 0 Å². The van der Waals surface area contributed by atoms with Gasteiger partial charge < -0.3 is 10.6 Å². The first-order chi connectivity index (χ1) is 8.08. The molecule has 2 rings (SSSR count). The van der Waals surface area contributed by atoms with Gasteiger partial charge in [-0.3, -0.25) is 4.79 Å². The van der Waals surface area contributed by atoms with E-state index in [0.29, 0.717) is 11.7 Å². The lowest BCUT2D eigenvalue weighted by Gasteiger charge is -2.31. The van der Waals surface area contributed by atoms with Gasteiger partial charge in [-0.25, -0.2) is 4.98 Å². The molecule has 1 fully saturated rings. The number of nitrogens with one attached hydrogen (secondary N) is 2. The minimum absolute atomic E-state index is 0.0296. The molecule has 0 radical (unpaired) electrons.